The van der Waals surface area contributed by atoms with Gasteiger partial charge in [0.15, 0.2) is 0 Å². The number of amides is 1. The lowest BCUT2D eigenvalue weighted by atomic mass is 10.2. The minimum absolute atomic E-state index is 0. The molecule has 0 aromatic rings. The summed E-state index contributed by atoms with van der Waals surface area (Å²) in [5.74, 6) is -0.0358. The van der Waals surface area contributed by atoms with Gasteiger partial charge in [0, 0.05) is 6.54 Å². The van der Waals surface area contributed by atoms with Gasteiger partial charge in [-0.3, -0.25) is 4.79 Å². The van der Waals surface area contributed by atoms with E-state index in [9.17, 15) is 4.79 Å². The lowest BCUT2D eigenvalue weighted by Gasteiger charge is -2.09. The van der Waals surface area contributed by atoms with Crippen LogP contribution in [0.5, 0.6) is 0 Å². The average Bonchev–Trinajstić information content (AvgIpc) is 2.21. The fourth-order valence-electron chi connectivity index (χ4n) is 1.15. The Kier molecular flexibility index (Phi) is 19.9. The molecular formula is C10H25Cl2N3O. The molecule has 1 amide bonds. The zero-order valence-electron chi connectivity index (χ0n) is 9.91. The molecule has 0 aliphatic rings. The molecule has 0 spiro atoms. The Morgan fingerprint density at radius 2 is 1.75 bits per heavy atom. The van der Waals surface area contributed by atoms with Crippen LogP contribution in [-0.2, 0) is 4.79 Å². The predicted molar refractivity (Wildman–Crippen MR) is 73.3 cm³/mol. The number of carbonyl (C=O) groups is 1. The maximum atomic E-state index is 11.2. The van der Waals surface area contributed by atoms with Crippen molar-refractivity contribution in [3.8, 4) is 0 Å². The van der Waals surface area contributed by atoms with Gasteiger partial charge in [-0.2, -0.15) is 0 Å². The van der Waals surface area contributed by atoms with Gasteiger partial charge < -0.3 is 16.8 Å². The van der Waals surface area contributed by atoms with Crippen molar-refractivity contribution in [3.63, 3.8) is 0 Å². The van der Waals surface area contributed by atoms with Gasteiger partial charge in [0.1, 0.15) is 0 Å². The van der Waals surface area contributed by atoms with Crippen LogP contribution >= 0.6 is 24.8 Å². The number of rotatable bonds is 8. The summed E-state index contributed by atoms with van der Waals surface area (Å²) in [6.07, 6.45) is 5.05. The van der Waals surface area contributed by atoms with E-state index in [0.29, 0.717) is 6.42 Å². The van der Waals surface area contributed by atoms with E-state index < -0.39 is 0 Å². The zero-order chi connectivity index (χ0) is 10.8. The Morgan fingerprint density at radius 3 is 2.25 bits per heavy atom. The summed E-state index contributed by atoms with van der Waals surface area (Å²) in [6, 6.07) is -0.348. The van der Waals surface area contributed by atoms with E-state index in [1.165, 1.54) is 0 Å². The quantitative estimate of drug-likeness (QED) is 0.582. The highest BCUT2D eigenvalue weighted by Gasteiger charge is 2.08. The van der Waals surface area contributed by atoms with Crippen molar-refractivity contribution in [3.05, 3.63) is 0 Å². The fraction of sp³-hybridized carbons (Fsp3) is 0.900. The first kappa shape index (κ1) is 21.3. The van der Waals surface area contributed by atoms with Crippen molar-refractivity contribution in [2.75, 3.05) is 13.1 Å². The van der Waals surface area contributed by atoms with Crippen LogP contribution in [0.15, 0.2) is 0 Å². The summed E-state index contributed by atoms with van der Waals surface area (Å²) in [4.78, 5) is 11.2. The first-order valence-electron chi connectivity index (χ1n) is 5.45. The second kappa shape index (κ2) is 15.0. The Bertz CT molecular complexity index is 159. The van der Waals surface area contributed by atoms with Gasteiger partial charge in [-0.15, -0.1) is 24.8 Å². The predicted octanol–water partition coefficient (Wildman–Crippen LogP) is 1.20. The van der Waals surface area contributed by atoms with E-state index in [4.69, 9.17) is 11.5 Å². The molecule has 0 saturated carbocycles. The Morgan fingerprint density at radius 1 is 1.19 bits per heavy atom. The van der Waals surface area contributed by atoms with Gasteiger partial charge in [0.25, 0.3) is 0 Å². The molecule has 0 aliphatic heterocycles. The molecule has 0 radical (unpaired) electrons. The normalized spacial score (nSPS) is 10.9. The molecule has 5 N–H and O–H groups in total. The minimum atomic E-state index is -0.348. The highest BCUT2D eigenvalue weighted by Crippen LogP contribution is 1.97. The van der Waals surface area contributed by atoms with Crippen LogP contribution in [0.1, 0.15) is 39.0 Å². The number of halogens is 2. The van der Waals surface area contributed by atoms with E-state index in [1.54, 1.807) is 0 Å². The zero-order valence-corrected chi connectivity index (χ0v) is 11.5. The molecular weight excluding hydrogens is 249 g/mol. The van der Waals surface area contributed by atoms with Crippen molar-refractivity contribution < 1.29 is 4.79 Å². The molecule has 0 aromatic heterocycles. The summed E-state index contributed by atoms with van der Waals surface area (Å²) < 4.78 is 0. The minimum Gasteiger partial charge on any atom is -0.355 e. The van der Waals surface area contributed by atoms with Gasteiger partial charge in [0.2, 0.25) is 5.91 Å². The van der Waals surface area contributed by atoms with Gasteiger partial charge in [0.05, 0.1) is 6.04 Å². The molecule has 0 bridgehead atoms. The number of nitrogens with two attached hydrogens (primary N) is 2. The molecule has 0 aromatic carbocycles. The molecule has 6 heteroatoms. The molecule has 0 saturated heterocycles. The van der Waals surface area contributed by atoms with Crippen LogP contribution in [0.3, 0.4) is 0 Å². The summed E-state index contributed by atoms with van der Waals surface area (Å²) in [5.41, 5.74) is 10.9. The van der Waals surface area contributed by atoms with E-state index >= 15 is 0 Å². The number of hydrogen-bond donors (Lipinski definition) is 3. The maximum Gasteiger partial charge on any atom is 0.236 e. The summed E-state index contributed by atoms with van der Waals surface area (Å²) in [7, 11) is 0. The van der Waals surface area contributed by atoms with Crippen LogP contribution in [0.25, 0.3) is 0 Å². The van der Waals surface area contributed by atoms with Gasteiger partial charge in [-0.25, -0.2) is 0 Å². The van der Waals surface area contributed by atoms with Crippen LogP contribution < -0.4 is 16.8 Å². The van der Waals surface area contributed by atoms with Crippen molar-refractivity contribution in [1.29, 1.82) is 0 Å². The van der Waals surface area contributed by atoms with Gasteiger partial charge in [-0.1, -0.05) is 19.8 Å². The summed E-state index contributed by atoms with van der Waals surface area (Å²) >= 11 is 0. The second-order valence-electron chi connectivity index (χ2n) is 3.51. The fourth-order valence-corrected chi connectivity index (χ4v) is 1.15. The molecule has 0 unspecified atom stereocenters. The average molecular weight is 274 g/mol. The lowest BCUT2D eigenvalue weighted by Crippen LogP contribution is -2.40. The first-order valence-corrected chi connectivity index (χ1v) is 5.45. The maximum absolute atomic E-state index is 11.2. The molecule has 4 nitrogen and oxygen atoms in total. The first-order chi connectivity index (χ1) is 6.72. The standard InChI is InChI=1S/C10H23N3O.2ClH/c1-2-9(12)10(14)13-8-6-4-3-5-7-11;;/h9H,2-8,11-12H2,1H3,(H,13,14);2*1H/t9-;;/m1../s1. The Hall–Kier alpha value is -0.0300. The van der Waals surface area contributed by atoms with Crippen molar-refractivity contribution in [1.82, 2.24) is 5.32 Å². The second-order valence-corrected chi connectivity index (χ2v) is 3.51. The van der Waals surface area contributed by atoms with Crippen LogP contribution in [-0.4, -0.2) is 25.0 Å². The Balaban J connectivity index is -0.000000845. The topological polar surface area (TPSA) is 81.1 Å². The number of hydrogen-bond acceptors (Lipinski definition) is 3. The molecule has 1 atom stereocenters. The number of unbranched alkanes of at least 4 members (excludes halogenated alkanes) is 3. The molecule has 100 valence electrons. The van der Waals surface area contributed by atoms with Crippen LogP contribution in [0.2, 0.25) is 0 Å². The summed E-state index contributed by atoms with van der Waals surface area (Å²) in [6.45, 7) is 3.40. The smallest absolute Gasteiger partial charge is 0.236 e. The largest absolute Gasteiger partial charge is 0.355 e. The van der Waals surface area contributed by atoms with Crippen LogP contribution in [0.4, 0.5) is 0 Å². The highest BCUT2D eigenvalue weighted by atomic mass is 35.5. The number of carbonyl (C=O) groups excluding carboxylic acids is 1. The Labute approximate surface area is 111 Å². The van der Waals surface area contributed by atoms with Crippen molar-refractivity contribution in [2.24, 2.45) is 11.5 Å². The SMILES string of the molecule is CC[C@@H](N)C(=O)NCCCCCCN.Cl.Cl. The number of nitrogens with one attached hydrogen (secondary N) is 1. The third-order valence-electron chi connectivity index (χ3n) is 2.21. The van der Waals surface area contributed by atoms with E-state index in [2.05, 4.69) is 5.32 Å². The lowest BCUT2D eigenvalue weighted by molar-refractivity contribution is -0.122. The van der Waals surface area contributed by atoms with E-state index in [-0.39, 0.29) is 36.8 Å². The van der Waals surface area contributed by atoms with Crippen molar-refractivity contribution in [2.45, 2.75) is 45.1 Å². The molecule has 0 aliphatic carbocycles. The molecule has 0 rings (SSSR count). The molecule has 16 heavy (non-hydrogen) atoms. The van der Waals surface area contributed by atoms with Crippen molar-refractivity contribution >= 4 is 30.7 Å². The third kappa shape index (κ3) is 12.0. The van der Waals surface area contributed by atoms with E-state index in [1.807, 2.05) is 6.92 Å². The van der Waals surface area contributed by atoms with Gasteiger partial charge in [-0.05, 0) is 25.8 Å². The molecule has 0 fully saturated rings. The highest BCUT2D eigenvalue weighted by molar-refractivity contribution is 5.85. The van der Waals surface area contributed by atoms with Crippen LogP contribution in [0, 0.1) is 0 Å². The third-order valence-corrected chi connectivity index (χ3v) is 2.21. The summed E-state index contributed by atoms with van der Waals surface area (Å²) in [5, 5.41) is 2.82. The molecule has 0 heterocycles. The monoisotopic (exact) mass is 273 g/mol. The van der Waals surface area contributed by atoms with Gasteiger partial charge >= 0.3 is 0 Å². The van der Waals surface area contributed by atoms with E-state index in [0.717, 1.165) is 38.8 Å².